The molecule has 0 aromatic carbocycles. The van der Waals surface area contributed by atoms with E-state index >= 15 is 0 Å². The molecule has 2 rings (SSSR count). The lowest BCUT2D eigenvalue weighted by atomic mass is 10.1. The Labute approximate surface area is 187 Å². The predicted molar refractivity (Wildman–Crippen MR) is 124 cm³/mol. The molecule has 30 heavy (non-hydrogen) atoms. The van der Waals surface area contributed by atoms with E-state index in [1.165, 1.54) is 6.42 Å². The van der Waals surface area contributed by atoms with Crippen LogP contribution >= 0.6 is 0 Å². The van der Waals surface area contributed by atoms with Gasteiger partial charge >= 0.3 is 25.9 Å². The third-order valence-electron chi connectivity index (χ3n) is 6.05. The van der Waals surface area contributed by atoms with Crippen LogP contribution in [0.1, 0.15) is 25.7 Å². The molecule has 0 aliphatic carbocycles. The van der Waals surface area contributed by atoms with E-state index in [1.807, 2.05) is 0 Å². The molecule has 2 aliphatic heterocycles. The minimum Gasteiger partial charge on any atom is -0.439 e. The summed E-state index contributed by atoms with van der Waals surface area (Å²) in [6.45, 7) is 8.88. The zero-order chi connectivity index (χ0) is 22.1. The molecule has 0 aromatic heterocycles. The quantitative estimate of drug-likeness (QED) is 0.334. The lowest BCUT2D eigenvalue weighted by molar-refractivity contribution is -0.248. The topological polar surface area (TPSA) is 73.8 Å². The minimum atomic E-state index is -2.67. The van der Waals surface area contributed by atoms with Gasteiger partial charge in [-0.15, -0.1) is 0 Å². The maximum absolute atomic E-state index is 6.93. The van der Waals surface area contributed by atoms with Gasteiger partial charge in [0.1, 0.15) is 0 Å². The van der Waals surface area contributed by atoms with Crippen LogP contribution in [0.4, 0.5) is 0 Å². The van der Waals surface area contributed by atoms with Crippen molar-refractivity contribution in [3.05, 3.63) is 0 Å². The van der Waals surface area contributed by atoms with Crippen molar-refractivity contribution >= 4 is 35.0 Å². The molecule has 2 heterocycles. The van der Waals surface area contributed by atoms with Gasteiger partial charge in [0.25, 0.3) is 0 Å². The maximum atomic E-state index is 6.93. The Morgan fingerprint density at radius 2 is 1.63 bits per heavy atom. The highest BCUT2D eigenvalue weighted by Crippen LogP contribution is 2.32. The first-order valence-corrected chi connectivity index (χ1v) is 20.6. The van der Waals surface area contributed by atoms with Crippen molar-refractivity contribution in [2.45, 2.75) is 69.5 Å². The molecule has 0 N–H and O–H groups in total. The molecule has 8 nitrogen and oxygen atoms in total. The number of hydrogen-bond donors (Lipinski definition) is 0. The van der Waals surface area contributed by atoms with E-state index in [2.05, 4.69) is 19.6 Å². The van der Waals surface area contributed by atoms with E-state index in [0.717, 1.165) is 44.0 Å². The summed E-state index contributed by atoms with van der Waals surface area (Å²) >= 11 is 0. The van der Waals surface area contributed by atoms with Gasteiger partial charge in [-0.2, -0.15) is 0 Å². The van der Waals surface area contributed by atoms with E-state index in [-0.39, 0.29) is 0 Å². The van der Waals surface area contributed by atoms with Crippen LogP contribution < -0.4 is 0 Å². The predicted octanol–water partition coefficient (Wildman–Crippen LogP) is 3.56. The van der Waals surface area contributed by atoms with Crippen LogP contribution in [-0.4, -0.2) is 76.1 Å². The van der Waals surface area contributed by atoms with Crippen LogP contribution in [0.5, 0.6) is 0 Å². The molecule has 2 saturated heterocycles. The SMILES string of the molecule is CO[Si](CC[Si]1(C)O[SiH](C)CCCCO[Si](C)(CCCC2COOC2)O1)(OC)OC. The summed E-state index contributed by atoms with van der Waals surface area (Å²) < 4.78 is 37.1. The van der Waals surface area contributed by atoms with E-state index < -0.39 is 35.0 Å². The first-order valence-electron chi connectivity index (χ1n) is 11.2. The third kappa shape index (κ3) is 8.48. The monoisotopic (exact) mass is 498 g/mol. The summed E-state index contributed by atoms with van der Waals surface area (Å²) in [5.41, 5.74) is 0. The lowest BCUT2D eigenvalue weighted by Crippen LogP contribution is -2.55. The van der Waals surface area contributed by atoms with Gasteiger partial charge in [0.15, 0.2) is 9.04 Å². The molecule has 0 spiro atoms. The Kier molecular flexibility index (Phi) is 11.3. The Morgan fingerprint density at radius 1 is 0.967 bits per heavy atom. The largest absolute Gasteiger partial charge is 0.500 e. The van der Waals surface area contributed by atoms with E-state index in [1.54, 1.807) is 21.3 Å². The van der Waals surface area contributed by atoms with Gasteiger partial charge in [0, 0.05) is 39.9 Å². The molecule has 2 fully saturated rings. The van der Waals surface area contributed by atoms with Crippen molar-refractivity contribution in [1.29, 1.82) is 0 Å². The highest BCUT2D eigenvalue weighted by Gasteiger charge is 2.48. The lowest BCUT2D eigenvalue weighted by Gasteiger charge is -2.40. The second kappa shape index (κ2) is 12.7. The molecule has 0 bridgehead atoms. The average molecular weight is 499 g/mol. The van der Waals surface area contributed by atoms with Crippen molar-refractivity contribution in [2.75, 3.05) is 41.2 Å². The van der Waals surface area contributed by atoms with Crippen LogP contribution in [0.15, 0.2) is 0 Å². The zero-order valence-electron chi connectivity index (χ0n) is 19.7. The van der Waals surface area contributed by atoms with Crippen LogP contribution in [0, 0.1) is 5.92 Å². The van der Waals surface area contributed by atoms with Crippen molar-refractivity contribution in [3.63, 3.8) is 0 Å². The van der Waals surface area contributed by atoms with Gasteiger partial charge in [-0.05, 0) is 50.6 Å². The van der Waals surface area contributed by atoms with Gasteiger partial charge in [-0.1, -0.05) is 12.8 Å². The highest BCUT2D eigenvalue weighted by atomic mass is 28.5. The van der Waals surface area contributed by atoms with Crippen molar-refractivity contribution < 1.29 is 35.7 Å². The van der Waals surface area contributed by atoms with E-state index in [0.29, 0.717) is 25.2 Å². The van der Waals surface area contributed by atoms with Gasteiger partial charge in [0.2, 0.25) is 0 Å². The van der Waals surface area contributed by atoms with Crippen LogP contribution in [0.3, 0.4) is 0 Å². The van der Waals surface area contributed by atoms with Crippen molar-refractivity contribution in [2.24, 2.45) is 5.92 Å². The second-order valence-corrected chi connectivity index (χ2v) is 21.6. The second-order valence-electron chi connectivity index (χ2n) is 8.77. The van der Waals surface area contributed by atoms with Gasteiger partial charge < -0.3 is 25.9 Å². The fourth-order valence-corrected chi connectivity index (χ4v) is 20.5. The average Bonchev–Trinajstić information content (AvgIpc) is 3.22. The minimum absolute atomic E-state index is 0.478. The van der Waals surface area contributed by atoms with Crippen molar-refractivity contribution in [3.8, 4) is 0 Å². The maximum Gasteiger partial charge on any atom is 0.500 e. The molecule has 0 radical (unpaired) electrons. The summed E-state index contributed by atoms with van der Waals surface area (Å²) in [4.78, 5) is 10.1. The summed E-state index contributed by atoms with van der Waals surface area (Å²) in [7, 11) is -3.82. The van der Waals surface area contributed by atoms with Crippen LogP contribution in [-0.2, 0) is 35.7 Å². The number of hydrogen-bond acceptors (Lipinski definition) is 8. The fourth-order valence-electron chi connectivity index (χ4n) is 4.20. The van der Waals surface area contributed by atoms with E-state index in [4.69, 9.17) is 35.7 Å². The molecule has 12 heteroatoms. The summed E-state index contributed by atoms with van der Waals surface area (Å²) in [6, 6.07) is 3.62. The van der Waals surface area contributed by atoms with E-state index in [9.17, 15) is 0 Å². The summed E-state index contributed by atoms with van der Waals surface area (Å²) in [6.07, 6.45) is 4.39. The summed E-state index contributed by atoms with van der Waals surface area (Å²) in [5, 5.41) is 0. The van der Waals surface area contributed by atoms with Crippen LogP contribution in [0.2, 0.25) is 43.8 Å². The van der Waals surface area contributed by atoms with Gasteiger partial charge in [-0.25, -0.2) is 9.78 Å². The Morgan fingerprint density at radius 3 is 2.27 bits per heavy atom. The summed E-state index contributed by atoms with van der Waals surface area (Å²) in [5.74, 6) is 0.478. The third-order valence-corrected chi connectivity index (χ3v) is 20.8. The van der Waals surface area contributed by atoms with Gasteiger partial charge in [0.05, 0.1) is 13.2 Å². The molecule has 2 aliphatic rings. The molecule has 3 unspecified atom stereocenters. The smallest absolute Gasteiger partial charge is 0.439 e. The first kappa shape index (κ1) is 26.8. The first-order chi connectivity index (χ1) is 14.3. The van der Waals surface area contributed by atoms with Crippen molar-refractivity contribution in [1.82, 2.24) is 0 Å². The molecular formula is C18H42O8Si4. The Hall–Kier alpha value is 0.548. The molecular weight excluding hydrogens is 457 g/mol. The molecule has 178 valence electrons. The van der Waals surface area contributed by atoms with Gasteiger partial charge in [-0.3, -0.25) is 0 Å². The molecule has 0 amide bonds. The molecule has 0 aromatic rings. The normalized spacial score (nSPS) is 32.4. The molecule has 3 atom stereocenters. The standard InChI is InChI=1S/C18H42O8Si4/c1-19-30(20-2,21-3)15-14-29(6)25-27(4)12-8-7-11-24-28(5,26-29)13-9-10-18-16-22-23-17-18/h18,27H,7-17H2,1-6H3. The molecule has 0 saturated carbocycles. The van der Waals surface area contributed by atoms with Crippen LogP contribution in [0.25, 0.3) is 0 Å². The number of rotatable bonds is 10. The Balaban J connectivity index is 2.07. The Bertz CT molecular complexity index is 487. The zero-order valence-corrected chi connectivity index (χ0v) is 23.9. The highest BCUT2D eigenvalue weighted by molar-refractivity contribution is 6.84. The fraction of sp³-hybridized carbons (Fsp3) is 1.00.